The second kappa shape index (κ2) is 5.11. The molecule has 1 aromatic heterocycles. The molecule has 5 nitrogen and oxygen atoms in total. The fourth-order valence-corrected chi connectivity index (χ4v) is 4.46. The molecule has 1 aliphatic carbocycles. The van der Waals surface area contributed by atoms with Crippen molar-refractivity contribution in [3.8, 4) is 0 Å². The number of H-pyrrole nitrogens is 1. The Hall–Kier alpha value is -2.30. The zero-order valence-corrected chi connectivity index (χ0v) is 13.3. The molecular formula is C18H20N2O3. The molecule has 1 aromatic carbocycles. The van der Waals surface area contributed by atoms with Crippen molar-refractivity contribution in [1.82, 2.24) is 9.88 Å². The Labute approximate surface area is 134 Å². The number of para-hydroxylation sites is 1. The maximum atomic E-state index is 12.9. The first-order chi connectivity index (χ1) is 11.2. The van der Waals surface area contributed by atoms with E-state index >= 15 is 0 Å². The summed E-state index contributed by atoms with van der Waals surface area (Å²) < 4.78 is 5.00. The first kappa shape index (κ1) is 14.3. The van der Waals surface area contributed by atoms with Gasteiger partial charge < -0.3 is 14.6 Å². The maximum Gasteiger partial charge on any atom is 0.410 e. The number of carbonyl (C=O) groups is 2. The minimum Gasteiger partial charge on any atom is -0.453 e. The lowest BCUT2D eigenvalue weighted by atomic mass is 9.68. The molecule has 1 amide bonds. The van der Waals surface area contributed by atoms with E-state index in [0.717, 1.165) is 22.9 Å². The zero-order chi connectivity index (χ0) is 16.1. The molecule has 0 spiro atoms. The molecular weight excluding hydrogens is 292 g/mol. The van der Waals surface area contributed by atoms with Gasteiger partial charge in [0.2, 0.25) is 0 Å². The van der Waals surface area contributed by atoms with Crippen molar-refractivity contribution in [1.29, 1.82) is 0 Å². The smallest absolute Gasteiger partial charge is 0.410 e. The Morgan fingerprint density at radius 2 is 2.17 bits per heavy atom. The molecule has 0 radical (unpaired) electrons. The van der Waals surface area contributed by atoms with E-state index in [9.17, 15) is 9.59 Å². The van der Waals surface area contributed by atoms with Crippen LogP contribution in [0, 0.1) is 11.8 Å². The van der Waals surface area contributed by atoms with Gasteiger partial charge in [-0.25, -0.2) is 4.79 Å². The van der Waals surface area contributed by atoms with Gasteiger partial charge in [-0.2, -0.15) is 0 Å². The summed E-state index contributed by atoms with van der Waals surface area (Å²) in [5.74, 6) is 0.345. The van der Waals surface area contributed by atoms with Crippen molar-refractivity contribution in [2.45, 2.75) is 25.8 Å². The molecule has 2 bridgehead atoms. The van der Waals surface area contributed by atoms with Crippen LogP contribution in [-0.4, -0.2) is 35.4 Å². The molecule has 4 rings (SSSR count). The molecule has 1 saturated heterocycles. The van der Waals surface area contributed by atoms with Crippen molar-refractivity contribution in [2.75, 3.05) is 13.7 Å². The van der Waals surface area contributed by atoms with Crippen LogP contribution in [0.5, 0.6) is 0 Å². The number of nitrogens with one attached hydrogen (secondary N) is 1. The summed E-state index contributed by atoms with van der Waals surface area (Å²) in [4.78, 5) is 30.3. The predicted molar refractivity (Wildman–Crippen MR) is 86.4 cm³/mol. The van der Waals surface area contributed by atoms with Crippen molar-refractivity contribution in [3.05, 3.63) is 35.5 Å². The molecule has 1 fully saturated rings. The minimum absolute atomic E-state index is 0.00790. The van der Waals surface area contributed by atoms with Crippen molar-refractivity contribution in [3.63, 3.8) is 0 Å². The van der Waals surface area contributed by atoms with E-state index < -0.39 is 0 Å². The van der Waals surface area contributed by atoms with E-state index in [4.69, 9.17) is 4.74 Å². The largest absolute Gasteiger partial charge is 0.453 e. The van der Waals surface area contributed by atoms with Crippen molar-refractivity contribution in [2.24, 2.45) is 11.8 Å². The molecule has 0 unspecified atom stereocenters. The monoisotopic (exact) mass is 312 g/mol. The summed E-state index contributed by atoms with van der Waals surface area (Å²) in [5.41, 5.74) is 2.61. The number of Topliss-reactive ketones (excluding diaryl/α,β-unsaturated/α-hetero) is 1. The molecule has 2 aromatic rings. The summed E-state index contributed by atoms with van der Waals surface area (Å²) in [6, 6.07) is 7.84. The topological polar surface area (TPSA) is 62.4 Å². The lowest BCUT2D eigenvalue weighted by molar-refractivity contribution is 0.0270. The third-order valence-electron chi connectivity index (χ3n) is 5.44. The number of piperidine rings is 1. The fraction of sp³-hybridized carbons (Fsp3) is 0.444. The van der Waals surface area contributed by atoms with E-state index in [1.807, 2.05) is 24.3 Å². The van der Waals surface area contributed by atoms with Gasteiger partial charge in [-0.05, 0) is 18.4 Å². The van der Waals surface area contributed by atoms with Gasteiger partial charge in [0.25, 0.3) is 0 Å². The van der Waals surface area contributed by atoms with Gasteiger partial charge >= 0.3 is 6.09 Å². The van der Waals surface area contributed by atoms with Crippen molar-refractivity contribution < 1.29 is 14.3 Å². The second-order valence-electron chi connectivity index (χ2n) is 6.40. The van der Waals surface area contributed by atoms with Gasteiger partial charge in [0.15, 0.2) is 5.78 Å². The first-order valence-electron chi connectivity index (χ1n) is 8.16. The Morgan fingerprint density at radius 1 is 1.39 bits per heavy atom. The summed E-state index contributed by atoms with van der Waals surface area (Å²) >= 11 is 0. The van der Waals surface area contributed by atoms with Gasteiger partial charge in [0.1, 0.15) is 0 Å². The number of ketones is 1. The number of benzene rings is 1. The molecule has 2 heterocycles. The van der Waals surface area contributed by atoms with Crippen LogP contribution in [0.15, 0.2) is 24.3 Å². The number of nitrogens with zero attached hydrogens (tertiary/aromatic N) is 1. The zero-order valence-electron chi connectivity index (χ0n) is 13.3. The number of ether oxygens (including phenoxy) is 1. The highest BCUT2D eigenvalue weighted by molar-refractivity contribution is 6.05. The van der Waals surface area contributed by atoms with E-state index in [1.165, 1.54) is 7.11 Å². The highest BCUT2D eigenvalue weighted by Gasteiger charge is 2.50. The van der Waals surface area contributed by atoms with Crippen LogP contribution >= 0.6 is 0 Å². The molecule has 2 aliphatic rings. The molecule has 1 aliphatic heterocycles. The first-order valence-corrected chi connectivity index (χ1v) is 8.16. The molecule has 5 heteroatoms. The van der Waals surface area contributed by atoms with Gasteiger partial charge in [-0.3, -0.25) is 4.79 Å². The van der Waals surface area contributed by atoms with Crippen LogP contribution in [0.3, 0.4) is 0 Å². The van der Waals surface area contributed by atoms with E-state index in [2.05, 4.69) is 11.9 Å². The number of rotatable bonds is 1. The third kappa shape index (κ3) is 1.85. The van der Waals surface area contributed by atoms with Crippen LogP contribution in [0.25, 0.3) is 10.9 Å². The quantitative estimate of drug-likeness (QED) is 0.876. The fourth-order valence-electron chi connectivity index (χ4n) is 4.46. The second-order valence-corrected chi connectivity index (χ2v) is 6.40. The van der Waals surface area contributed by atoms with Crippen molar-refractivity contribution >= 4 is 22.8 Å². The SMILES string of the molecule is CC[C@H]1[C@@H]2CCN(C(=O)OC)[C@H]1c1c([nH]c3ccccc13)C2=O. The number of amides is 1. The number of hydrogen-bond acceptors (Lipinski definition) is 3. The van der Waals surface area contributed by atoms with E-state index in [0.29, 0.717) is 18.7 Å². The average molecular weight is 312 g/mol. The average Bonchev–Trinajstić information content (AvgIpc) is 2.97. The number of aromatic nitrogens is 1. The highest BCUT2D eigenvalue weighted by Crippen LogP contribution is 2.50. The number of methoxy groups -OCH3 is 1. The maximum absolute atomic E-state index is 12.9. The van der Waals surface area contributed by atoms with Crippen LogP contribution in [0.2, 0.25) is 0 Å². The lowest BCUT2D eigenvalue weighted by Crippen LogP contribution is -2.51. The van der Waals surface area contributed by atoms with Crippen LogP contribution in [0.1, 0.15) is 41.9 Å². The number of fused-ring (bicyclic) bond motifs is 6. The Kier molecular flexibility index (Phi) is 3.18. The van der Waals surface area contributed by atoms with Gasteiger partial charge in [-0.15, -0.1) is 0 Å². The number of hydrogen-bond donors (Lipinski definition) is 1. The number of aromatic amines is 1. The van der Waals surface area contributed by atoms with E-state index in [-0.39, 0.29) is 29.8 Å². The Bertz CT molecular complexity index is 795. The molecule has 0 saturated carbocycles. The Morgan fingerprint density at radius 3 is 2.91 bits per heavy atom. The van der Waals surface area contributed by atoms with Gasteiger partial charge in [0, 0.05) is 28.9 Å². The van der Waals surface area contributed by atoms with Crippen LogP contribution < -0.4 is 0 Å². The standard InChI is InChI=1S/C18H20N2O3/c1-3-10-11-8-9-20(18(22)23-2)16(10)14-12-6-4-5-7-13(12)19-15(14)17(11)21/h4-7,10-11,16,19H,3,8-9H2,1-2H3/t10-,11-,16+/m0/s1. The minimum atomic E-state index is -0.308. The molecule has 1 N–H and O–H groups in total. The summed E-state index contributed by atoms with van der Waals surface area (Å²) in [6.45, 7) is 2.67. The van der Waals surface area contributed by atoms with Crippen LogP contribution in [0.4, 0.5) is 4.79 Å². The molecule has 23 heavy (non-hydrogen) atoms. The van der Waals surface area contributed by atoms with Crippen LogP contribution in [-0.2, 0) is 4.74 Å². The Balaban J connectivity index is 1.97. The highest BCUT2D eigenvalue weighted by atomic mass is 16.5. The summed E-state index contributed by atoms with van der Waals surface area (Å²) in [5, 5.41) is 1.04. The van der Waals surface area contributed by atoms with E-state index in [1.54, 1.807) is 4.90 Å². The predicted octanol–water partition coefficient (Wildman–Crippen LogP) is 3.52. The van der Waals surface area contributed by atoms with Gasteiger partial charge in [-0.1, -0.05) is 31.5 Å². The molecule has 3 atom stereocenters. The van der Waals surface area contributed by atoms with Gasteiger partial charge in [0.05, 0.1) is 18.8 Å². The molecule has 120 valence electrons. The summed E-state index contributed by atoms with van der Waals surface area (Å²) in [7, 11) is 1.42. The normalized spacial score (nSPS) is 26.3. The number of carbonyl (C=O) groups excluding carboxylic acids is 2. The lowest BCUT2D eigenvalue weighted by Gasteiger charge is -2.47. The number of likely N-dealkylation sites (tertiary alicyclic amines) is 1. The summed E-state index contributed by atoms with van der Waals surface area (Å²) in [6.07, 6.45) is 1.27. The third-order valence-corrected chi connectivity index (χ3v) is 5.44.